The van der Waals surface area contributed by atoms with E-state index in [2.05, 4.69) is 0 Å². The van der Waals surface area contributed by atoms with Crippen molar-refractivity contribution < 1.29 is 9.53 Å². The minimum absolute atomic E-state index is 0.0775. The number of benzene rings is 1. The van der Waals surface area contributed by atoms with Crippen LogP contribution in [-0.4, -0.2) is 24.6 Å². The fourth-order valence-electron chi connectivity index (χ4n) is 1.49. The molecule has 1 aromatic rings. The van der Waals surface area contributed by atoms with Gasteiger partial charge in [-0.1, -0.05) is 44.2 Å². The largest absolute Gasteiger partial charge is 0.447 e. The first-order chi connectivity index (χ1) is 7.29. The summed E-state index contributed by atoms with van der Waals surface area (Å²) in [6, 6.07) is 9.97. The summed E-state index contributed by atoms with van der Waals surface area (Å²) in [5.41, 5.74) is 1.12. The number of cyclic esters (lactones) is 1. The Morgan fingerprint density at radius 3 is 2.33 bits per heavy atom. The highest BCUT2D eigenvalue weighted by atomic mass is 16.6. The average Bonchev–Trinajstić information content (AvgIpc) is 2.64. The molecule has 1 unspecified atom stereocenters. The van der Waals surface area contributed by atoms with Crippen molar-refractivity contribution in [2.24, 2.45) is 0 Å². The topological polar surface area (TPSA) is 29.5 Å². The molecule has 1 atom stereocenters. The SMILES string of the molecule is CC.CN1C(=O)OCC1c1ccccc1. The lowest BCUT2D eigenvalue weighted by molar-refractivity contribution is 0.163. The van der Waals surface area contributed by atoms with Gasteiger partial charge in [-0.25, -0.2) is 4.79 Å². The van der Waals surface area contributed by atoms with E-state index in [-0.39, 0.29) is 12.1 Å². The maximum atomic E-state index is 11.1. The van der Waals surface area contributed by atoms with E-state index in [1.807, 2.05) is 44.2 Å². The van der Waals surface area contributed by atoms with Crippen LogP contribution in [0.4, 0.5) is 4.79 Å². The number of hydrogen-bond acceptors (Lipinski definition) is 2. The Bertz CT molecular complexity index is 311. The molecule has 0 aromatic heterocycles. The Morgan fingerprint density at radius 1 is 1.27 bits per heavy atom. The van der Waals surface area contributed by atoms with Crippen LogP contribution in [0.5, 0.6) is 0 Å². The predicted octanol–water partition coefficient (Wildman–Crippen LogP) is 2.84. The minimum atomic E-state index is -0.242. The highest BCUT2D eigenvalue weighted by molar-refractivity contribution is 5.70. The molecule has 1 aromatic carbocycles. The Hall–Kier alpha value is -1.51. The number of ether oxygens (including phenoxy) is 1. The van der Waals surface area contributed by atoms with Gasteiger partial charge in [0.25, 0.3) is 0 Å². The standard InChI is InChI=1S/C10H11NO2.C2H6/c1-11-9(7-13-10(11)12)8-5-3-2-4-6-8;1-2/h2-6,9H,7H2,1H3;1-2H3. The summed E-state index contributed by atoms with van der Waals surface area (Å²) in [5.74, 6) is 0. The van der Waals surface area contributed by atoms with E-state index in [9.17, 15) is 4.79 Å². The van der Waals surface area contributed by atoms with Gasteiger partial charge in [0.15, 0.2) is 0 Å². The van der Waals surface area contributed by atoms with Crippen molar-refractivity contribution in [3.05, 3.63) is 35.9 Å². The van der Waals surface area contributed by atoms with E-state index in [0.29, 0.717) is 6.61 Å². The van der Waals surface area contributed by atoms with Gasteiger partial charge in [-0.05, 0) is 5.56 Å². The molecule has 15 heavy (non-hydrogen) atoms. The molecule has 0 spiro atoms. The number of hydrogen-bond donors (Lipinski definition) is 0. The Labute approximate surface area is 90.7 Å². The molecule has 2 rings (SSSR count). The van der Waals surface area contributed by atoms with Crippen LogP contribution in [0.2, 0.25) is 0 Å². The second kappa shape index (κ2) is 5.39. The molecule has 3 nitrogen and oxygen atoms in total. The van der Waals surface area contributed by atoms with Crippen molar-refractivity contribution in [3.63, 3.8) is 0 Å². The monoisotopic (exact) mass is 207 g/mol. The Morgan fingerprint density at radius 2 is 1.87 bits per heavy atom. The maximum Gasteiger partial charge on any atom is 0.410 e. The van der Waals surface area contributed by atoms with Crippen molar-refractivity contribution in [1.82, 2.24) is 4.90 Å². The van der Waals surface area contributed by atoms with Gasteiger partial charge in [-0.3, -0.25) is 0 Å². The molecule has 82 valence electrons. The summed E-state index contributed by atoms with van der Waals surface area (Å²) in [6.45, 7) is 4.46. The first-order valence-electron chi connectivity index (χ1n) is 5.23. The first-order valence-corrected chi connectivity index (χ1v) is 5.23. The van der Waals surface area contributed by atoms with Crippen molar-refractivity contribution in [2.45, 2.75) is 19.9 Å². The normalized spacial score (nSPS) is 19.3. The number of nitrogens with zero attached hydrogens (tertiary/aromatic N) is 1. The van der Waals surface area contributed by atoms with Crippen LogP contribution >= 0.6 is 0 Å². The van der Waals surface area contributed by atoms with Crippen LogP contribution < -0.4 is 0 Å². The van der Waals surface area contributed by atoms with E-state index >= 15 is 0 Å². The van der Waals surface area contributed by atoms with E-state index < -0.39 is 0 Å². The molecule has 1 aliphatic heterocycles. The summed E-state index contributed by atoms with van der Waals surface area (Å²) in [5, 5.41) is 0. The zero-order valence-corrected chi connectivity index (χ0v) is 9.43. The second-order valence-corrected chi connectivity index (χ2v) is 3.11. The van der Waals surface area contributed by atoms with Gasteiger partial charge in [-0.15, -0.1) is 0 Å². The number of carbonyl (C=O) groups excluding carboxylic acids is 1. The lowest BCUT2D eigenvalue weighted by atomic mass is 10.1. The third kappa shape index (κ3) is 2.49. The summed E-state index contributed by atoms with van der Waals surface area (Å²) in [7, 11) is 1.76. The third-order valence-corrected chi connectivity index (χ3v) is 2.30. The van der Waals surface area contributed by atoms with Crippen LogP contribution in [0.1, 0.15) is 25.5 Å². The molecule has 3 heteroatoms. The molecule has 0 saturated carbocycles. The van der Waals surface area contributed by atoms with E-state index in [4.69, 9.17) is 4.74 Å². The van der Waals surface area contributed by atoms with Crippen LogP contribution in [0.3, 0.4) is 0 Å². The number of amides is 1. The molecule has 1 amide bonds. The zero-order chi connectivity index (χ0) is 11.3. The number of carbonyl (C=O) groups is 1. The Kier molecular flexibility index (Phi) is 4.16. The van der Waals surface area contributed by atoms with Gasteiger partial charge in [0.05, 0.1) is 6.04 Å². The molecule has 0 bridgehead atoms. The van der Waals surface area contributed by atoms with Crippen molar-refractivity contribution in [1.29, 1.82) is 0 Å². The fraction of sp³-hybridized carbons (Fsp3) is 0.417. The summed E-state index contributed by atoms with van der Waals surface area (Å²) in [6.07, 6.45) is -0.242. The van der Waals surface area contributed by atoms with Gasteiger partial charge in [0.2, 0.25) is 0 Å². The lowest BCUT2D eigenvalue weighted by Crippen LogP contribution is -2.22. The average molecular weight is 207 g/mol. The summed E-state index contributed by atoms with van der Waals surface area (Å²) < 4.78 is 4.92. The summed E-state index contributed by atoms with van der Waals surface area (Å²) >= 11 is 0. The minimum Gasteiger partial charge on any atom is -0.447 e. The van der Waals surface area contributed by atoms with Gasteiger partial charge < -0.3 is 9.64 Å². The molecule has 0 N–H and O–H groups in total. The molecule has 1 saturated heterocycles. The number of rotatable bonds is 1. The summed E-state index contributed by atoms with van der Waals surface area (Å²) in [4.78, 5) is 12.7. The fourth-order valence-corrected chi connectivity index (χ4v) is 1.49. The van der Waals surface area contributed by atoms with Crippen LogP contribution in [0, 0.1) is 0 Å². The van der Waals surface area contributed by atoms with Crippen LogP contribution in [0.25, 0.3) is 0 Å². The molecule has 1 aliphatic rings. The highest BCUT2D eigenvalue weighted by Gasteiger charge is 2.30. The molecule has 0 aliphatic carbocycles. The molecule has 1 fully saturated rings. The Balaban J connectivity index is 0.000000531. The van der Waals surface area contributed by atoms with Crippen molar-refractivity contribution in [2.75, 3.05) is 13.7 Å². The third-order valence-electron chi connectivity index (χ3n) is 2.30. The van der Waals surface area contributed by atoms with Crippen LogP contribution in [-0.2, 0) is 4.74 Å². The number of likely N-dealkylation sites (N-methyl/N-ethyl adjacent to an activating group) is 1. The van der Waals surface area contributed by atoms with Gasteiger partial charge in [0.1, 0.15) is 6.61 Å². The smallest absolute Gasteiger partial charge is 0.410 e. The molecular weight excluding hydrogens is 190 g/mol. The van der Waals surface area contributed by atoms with Gasteiger partial charge in [0, 0.05) is 7.05 Å². The molecule has 1 heterocycles. The lowest BCUT2D eigenvalue weighted by Gasteiger charge is -2.15. The van der Waals surface area contributed by atoms with Gasteiger partial charge >= 0.3 is 6.09 Å². The second-order valence-electron chi connectivity index (χ2n) is 3.11. The van der Waals surface area contributed by atoms with Crippen LogP contribution in [0.15, 0.2) is 30.3 Å². The quantitative estimate of drug-likeness (QED) is 0.708. The van der Waals surface area contributed by atoms with E-state index in [1.54, 1.807) is 11.9 Å². The van der Waals surface area contributed by atoms with E-state index in [1.165, 1.54) is 0 Å². The predicted molar refractivity (Wildman–Crippen MR) is 59.6 cm³/mol. The highest BCUT2D eigenvalue weighted by Crippen LogP contribution is 2.25. The van der Waals surface area contributed by atoms with Crippen molar-refractivity contribution in [3.8, 4) is 0 Å². The maximum absolute atomic E-state index is 11.1. The first kappa shape index (κ1) is 11.6. The zero-order valence-electron chi connectivity index (χ0n) is 9.43. The van der Waals surface area contributed by atoms with Gasteiger partial charge in [-0.2, -0.15) is 0 Å². The molecular formula is C12H17NO2. The van der Waals surface area contributed by atoms with Crippen molar-refractivity contribution >= 4 is 6.09 Å². The molecule has 0 radical (unpaired) electrons. The van der Waals surface area contributed by atoms with E-state index in [0.717, 1.165) is 5.56 Å².